The molecule has 3 aromatic rings. The molecule has 0 atom stereocenters. The fourth-order valence-electron chi connectivity index (χ4n) is 2.91. The molecule has 2 aromatic heterocycles. The summed E-state index contributed by atoms with van der Waals surface area (Å²) in [6.45, 7) is 4.74. The van der Waals surface area contributed by atoms with E-state index in [1.165, 1.54) is 12.3 Å². The van der Waals surface area contributed by atoms with Crippen molar-refractivity contribution >= 4 is 17.7 Å². The van der Waals surface area contributed by atoms with Gasteiger partial charge >= 0.3 is 0 Å². The number of hydrogen-bond acceptors (Lipinski definition) is 4. The molecule has 0 aliphatic rings. The second kappa shape index (κ2) is 8.97. The summed E-state index contributed by atoms with van der Waals surface area (Å²) in [6.07, 6.45) is 1.39. The van der Waals surface area contributed by atoms with Crippen molar-refractivity contribution < 1.29 is 13.6 Å². The lowest BCUT2D eigenvalue weighted by atomic mass is 10.2. The monoisotopic (exact) mass is 402 g/mol. The van der Waals surface area contributed by atoms with Crippen molar-refractivity contribution in [3.63, 3.8) is 0 Å². The Kier molecular flexibility index (Phi) is 6.41. The molecule has 0 fully saturated rings. The van der Waals surface area contributed by atoms with Crippen LogP contribution in [0, 0.1) is 13.8 Å². The van der Waals surface area contributed by atoms with Gasteiger partial charge in [-0.2, -0.15) is 13.9 Å². The van der Waals surface area contributed by atoms with Crippen LogP contribution in [0.2, 0.25) is 0 Å². The number of benzene rings is 1. The maximum atomic E-state index is 12.7. The van der Waals surface area contributed by atoms with Gasteiger partial charge in [-0.05, 0) is 43.3 Å². The summed E-state index contributed by atoms with van der Waals surface area (Å²) in [5, 5.41) is 7.38. The zero-order valence-corrected chi connectivity index (χ0v) is 16.3. The molecular formula is C20H20F2N4OS. The Balaban J connectivity index is 1.72. The van der Waals surface area contributed by atoms with Crippen LogP contribution in [-0.4, -0.2) is 26.4 Å². The lowest BCUT2D eigenvalue weighted by molar-refractivity contribution is 0.0947. The highest BCUT2D eigenvalue weighted by Gasteiger charge is 2.18. The molecule has 8 heteroatoms. The zero-order valence-electron chi connectivity index (χ0n) is 15.5. The van der Waals surface area contributed by atoms with Gasteiger partial charge in [0.2, 0.25) is 0 Å². The lowest BCUT2D eigenvalue weighted by Crippen LogP contribution is -2.24. The molecule has 5 nitrogen and oxygen atoms in total. The van der Waals surface area contributed by atoms with Crippen LogP contribution >= 0.6 is 11.8 Å². The largest absolute Gasteiger partial charge is 0.348 e. The number of carbonyl (C=O) groups excluding carboxylic acids is 1. The number of hydrogen-bond donors (Lipinski definition) is 1. The van der Waals surface area contributed by atoms with Crippen molar-refractivity contribution in [3.05, 3.63) is 76.7 Å². The van der Waals surface area contributed by atoms with Gasteiger partial charge in [0.1, 0.15) is 5.03 Å². The first kappa shape index (κ1) is 20.0. The number of rotatable bonds is 7. The number of carbonyl (C=O) groups is 1. The van der Waals surface area contributed by atoms with E-state index in [9.17, 15) is 13.6 Å². The SMILES string of the molecule is Cc1nn(Cc2ccccc2)c(C)c1CNC(=O)c1cccnc1SC(F)F. The fraction of sp³-hybridized carbons (Fsp3) is 0.250. The molecule has 146 valence electrons. The number of aromatic nitrogens is 3. The van der Waals surface area contributed by atoms with Crippen LogP contribution in [0.1, 0.15) is 32.9 Å². The van der Waals surface area contributed by atoms with E-state index < -0.39 is 11.7 Å². The molecular weight excluding hydrogens is 382 g/mol. The van der Waals surface area contributed by atoms with Crippen molar-refractivity contribution in [2.75, 3.05) is 0 Å². The molecule has 1 N–H and O–H groups in total. The highest BCUT2D eigenvalue weighted by molar-refractivity contribution is 7.99. The second-order valence-corrected chi connectivity index (χ2v) is 7.19. The summed E-state index contributed by atoms with van der Waals surface area (Å²) in [6, 6.07) is 13.0. The fourth-order valence-corrected chi connectivity index (χ4v) is 3.48. The topological polar surface area (TPSA) is 59.8 Å². The molecule has 0 saturated heterocycles. The summed E-state index contributed by atoms with van der Waals surface area (Å²) in [5.74, 6) is -3.08. The molecule has 0 spiro atoms. The van der Waals surface area contributed by atoms with Gasteiger partial charge in [-0.25, -0.2) is 4.98 Å². The van der Waals surface area contributed by atoms with E-state index in [-0.39, 0.29) is 28.9 Å². The van der Waals surface area contributed by atoms with Gasteiger partial charge in [-0.15, -0.1) is 0 Å². The normalized spacial score (nSPS) is 11.0. The molecule has 0 saturated carbocycles. The van der Waals surface area contributed by atoms with Crippen LogP contribution < -0.4 is 5.32 Å². The number of pyridine rings is 1. The molecule has 1 aromatic carbocycles. The number of amides is 1. The predicted octanol–water partition coefficient (Wildman–Crippen LogP) is 4.19. The highest BCUT2D eigenvalue weighted by atomic mass is 32.2. The number of thioether (sulfide) groups is 1. The first-order chi connectivity index (χ1) is 13.5. The Labute approximate surface area is 166 Å². The molecule has 0 radical (unpaired) electrons. The van der Waals surface area contributed by atoms with Crippen molar-refractivity contribution in [1.29, 1.82) is 0 Å². The number of nitrogens with one attached hydrogen (secondary N) is 1. The third-order valence-corrected chi connectivity index (χ3v) is 5.08. The van der Waals surface area contributed by atoms with Crippen LogP contribution in [-0.2, 0) is 13.1 Å². The summed E-state index contributed by atoms with van der Waals surface area (Å²) in [4.78, 5) is 16.4. The van der Waals surface area contributed by atoms with E-state index in [4.69, 9.17) is 0 Å². The lowest BCUT2D eigenvalue weighted by Gasteiger charge is -2.09. The molecule has 1 amide bonds. The average Bonchev–Trinajstić information content (AvgIpc) is 2.93. The van der Waals surface area contributed by atoms with Crippen molar-refractivity contribution in [1.82, 2.24) is 20.1 Å². The number of nitrogens with zero attached hydrogens (tertiary/aromatic N) is 3. The van der Waals surface area contributed by atoms with Crippen LogP contribution in [0.5, 0.6) is 0 Å². The van der Waals surface area contributed by atoms with Crippen molar-refractivity contribution in [2.24, 2.45) is 0 Å². The highest BCUT2D eigenvalue weighted by Crippen LogP contribution is 2.26. The van der Waals surface area contributed by atoms with Gasteiger partial charge in [0.15, 0.2) is 0 Å². The Morgan fingerprint density at radius 2 is 1.93 bits per heavy atom. The van der Waals surface area contributed by atoms with E-state index in [1.54, 1.807) is 6.07 Å². The van der Waals surface area contributed by atoms with E-state index in [2.05, 4.69) is 15.4 Å². The maximum Gasteiger partial charge on any atom is 0.290 e. The zero-order chi connectivity index (χ0) is 20.1. The predicted molar refractivity (Wildman–Crippen MR) is 105 cm³/mol. The summed E-state index contributed by atoms with van der Waals surface area (Å²) in [5.41, 5.74) is 3.96. The number of alkyl halides is 2. The van der Waals surface area contributed by atoms with Crippen LogP contribution in [0.4, 0.5) is 8.78 Å². The molecule has 0 aliphatic carbocycles. The molecule has 0 unspecified atom stereocenters. The van der Waals surface area contributed by atoms with Crippen LogP contribution in [0.15, 0.2) is 53.7 Å². The molecule has 28 heavy (non-hydrogen) atoms. The van der Waals surface area contributed by atoms with Gasteiger partial charge < -0.3 is 5.32 Å². The molecule has 0 aliphatic heterocycles. The molecule has 2 heterocycles. The quantitative estimate of drug-likeness (QED) is 0.602. The third kappa shape index (κ3) is 4.75. The van der Waals surface area contributed by atoms with Crippen LogP contribution in [0.25, 0.3) is 0 Å². The van der Waals surface area contributed by atoms with Crippen LogP contribution in [0.3, 0.4) is 0 Å². The Bertz CT molecular complexity index is 960. The Morgan fingerprint density at radius 1 is 1.18 bits per heavy atom. The van der Waals surface area contributed by atoms with Crippen molar-refractivity contribution in [2.45, 2.75) is 37.7 Å². The summed E-state index contributed by atoms with van der Waals surface area (Å²) >= 11 is 0.265. The Morgan fingerprint density at radius 3 is 2.64 bits per heavy atom. The summed E-state index contributed by atoms with van der Waals surface area (Å²) < 4.78 is 27.3. The third-order valence-electron chi connectivity index (χ3n) is 4.35. The maximum absolute atomic E-state index is 12.7. The van der Waals surface area contributed by atoms with Gasteiger partial charge in [0, 0.05) is 24.0 Å². The first-order valence-electron chi connectivity index (χ1n) is 8.70. The van der Waals surface area contributed by atoms with Gasteiger partial charge in [-0.3, -0.25) is 9.48 Å². The van der Waals surface area contributed by atoms with E-state index in [1.807, 2.05) is 48.9 Å². The smallest absolute Gasteiger partial charge is 0.290 e. The standard InChI is InChI=1S/C20H20F2N4OS/c1-13-17(14(2)26(25-13)12-15-7-4-3-5-8-15)11-24-18(27)16-9-6-10-23-19(16)28-20(21)22/h3-10,20H,11-12H2,1-2H3,(H,24,27). The first-order valence-corrected chi connectivity index (χ1v) is 9.58. The minimum Gasteiger partial charge on any atom is -0.348 e. The van der Waals surface area contributed by atoms with Crippen molar-refractivity contribution in [3.8, 4) is 0 Å². The van der Waals surface area contributed by atoms with E-state index in [0.717, 1.165) is 22.5 Å². The Hall–Kier alpha value is -2.74. The summed E-state index contributed by atoms with van der Waals surface area (Å²) in [7, 11) is 0. The number of aryl methyl sites for hydroxylation is 1. The number of halogens is 2. The van der Waals surface area contributed by atoms with E-state index in [0.29, 0.717) is 6.54 Å². The van der Waals surface area contributed by atoms with E-state index >= 15 is 0 Å². The molecule has 0 bridgehead atoms. The van der Waals surface area contributed by atoms with Gasteiger partial charge in [0.25, 0.3) is 11.7 Å². The second-order valence-electron chi connectivity index (χ2n) is 6.21. The molecule has 3 rings (SSSR count). The minimum absolute atomic E-state index is 0.0169. The average molecular weight is 402 g/mol. The van der Waals surface area contributed by atoms with Gasteiger partial charge in [0.05, 0.1) is 17.8 Å². The minimum atomic E-state index is -2.64. The van der Waals surface area contributed by atoms with Gasteiger partial charge in [-0.1, -0.05) is 30.3 Å².